The molecule has 0 unspecified atom stereocenters. The van der Waals surface area contributed by atoms with Gasteiger partial charge in [-0.1, -0.05) is 18.2 Å². The number of methoxy groups -OCH3 is 1. The Hall–Kier alpha value is -1.85. The molecular formula is C32H46AsNO5. The van der Waals surface area contributed by atoms with Crippen LogP contribution in [-0.2, 0) is 15.1 Å². The molecule has 2 N–H and O–H groups in total. The third-order valence-corrected chi connectivity index (χ3v) is 12.7. The standard InChI is InChI=1S/C32H46AsNO5/c1-23-12-5-7-15-29(23)39-30-16-8-6-14-26(30)32(37,17-9-10-19-38-4)25-13-11-18-34(22-25)31(36)24-20-27(33(2)3)28(35)21-24/h5-8,12,14-16,24-25,27-28,35,37H,9-11,13,17-22H2,1-4H3/t24-,25-,27-,28-,32+/m1/s1. The second-order valence-corrected chi connectivity index (χ2v) is 17.1. The van der Waals surface area contributed by atoms with Crippen LogP contribution >= 0.6 is 0 Å². The number of amides is 1. The van der Waals surface area contributed by atoms with Gasteiger partial charge in [-0.2, -0.15) is 0 Å². The van der Waals surface area contributed by atoms with Crippen molar-refractivity contribution in [2.24, 2.45) is 11.8 Å². The number of piperidine rings is 1. The van der Waals surface area contributed by atoms with E-state index in [4.69, 9.17) is 9.47 Å². The number of rotatable bonds is 11. The Morgan fingerprint density at radius 3 is 2.49 bits per heavy atom. The quantitative estimate of drug-likeness (QED) is 0.248. The first-order valence-corrected chi connectivity index (χ1v) is 19.3. The van der Waals surface area contributed by atoms with Crippen molar-refractivity contribution in [1.82, 2.24) is 4.90 Å². The van der Waals surface area contributed by atoms with Crippen molar-refractivity contribution in [2.45, 2.75) is 79.7 Å². The molecule has 0 radical (unpaired) electrons. The first-order valence-electron chi connectivity index (χ1n) is 14.4. The van der Waals surface area contributed by atoms with Gasteiger partial charge in [0.25, 0.3) is 0 Å². The van der Waals surface area contributed by atoms with Crippen molar-refractivity contribution in [1.29, 1.82) is 0 Å². The zero-order valence-electron chi connectivity index (χ0n) is 24.0. The normalized spacial score (nSPS) is 25.1. The van der Waals surface area contributed by atoms with E-state index in [0.717, 1.165) is 49.0 Å². The Labute approximate surface area is 239 Å². The number of carbonyl (C=O) groups is 1. The van der Waals surface area contributed by atoms with Gasteiger partial charge in [-0.25, -0.2) is 0 Å². The molecule has 1 saturated carbocycles. The average molecular weight is 600 g/mol. The van der Waals surface area contributed by atoms with Crippen LogP contribution in [0.3, 0.4) is 0 Å². The van der Waals surface area contributed by atoms with Gasteiger partial charge < -0.3 is 4.74 Å². The number of aryl methyl sites for hydroxylation is 1. The zero-order chi connectivity index (χ0) is 28.0. The van der Waals surface area contributed by atoms with Crippen LogP contribution in [0, 0.1) is 18.8 Å². The number of carbonyl (C=O) groups excluding carboxylic acids is 1. The summed E-state index contributed by atoms with van der Waals surface area (Å²) in [6.07, 6.45) is 4.97. The Bertz CT molecular complexity index is 1090. The number of hydrogen-bond donors (Lipinski definition) is 2. The van der Waals surface area contributed by atoms with Crippen molar-refractivity contribution in [3.8, 4) is 11.5 Å². The predicted octanol–water partition coefficient (Wildman–Crippen LogP) is 5.93. The van der Waals surface area contributed by atoms with Gasteiger partial charge in [0.15, 0.2) is 0 Å². The second-order valence-electron chi connectivity index (χ2n) is 11.6. The summed E-state index contributed by atoms with van der Waals surface area (Å²) in [5.41, 5.74) is 5.21. The summed E-state index contributed by atoms with van der Waals surface area (Å²) < 4.78 is 12.0. The van der Waals surface area contributed by atoms with Crippen LogP contribution in [0.5, 0.6) is 11.5 Å². The van der Waals surface area contributed by atoms with E-state index < -0.39 is 20.3 Å². The van der Waals surface area contributed by atoms with E-state index in [-0.39, 0.29) is 23.8 Å². The molecule has 2 aliphatic rings. The van der Waals surface area contributed by atoms with Crippen LogP contribution in [0.15, 0.2) is 48.5 Å². The first kappa shape index (κ1) is 30.1. The van der Waals surface area contributed by atoms with E-state index in [9.17, 15) is 15.0 Å². The van der Waals surface area contributed by atoms with Crippen molar-refractivity contribution in [2.75, 3.05) is 26.8 Å². The van der Waals surface area contributed by atoms with Gasteiger partial charge in [0, 0.05) is 7.11 Å². The maximum absolute atomic E-state index is 13.7. The number of benzene rings is 2. The minimum absolute atomic E-state index is 0.105. The van der Waals surface area contributed by atoms with Gasteiger partial charge in [0.2, 0.25) is 0 Å². The van der Waals surface area contributed by atoms with E-state index in [0.29, 0.717) is 43.0 Å². The summed E-state index contributed by atoms with van der Waals surface area (Å²) in [5, 5.41) is 23.2. The molecule has 1 heterocycles. The SMILES string of the molecule is COCCCC[C@@](O)(c1ccccc1Oc1ccccc1C)[C@@H]1CCCN(C(=O)[C@H]2C[C@@H](O)[C@H]([As](C)C)C2)C1. The number of unbranched alkanes of at least 4 members (excludes halogenated alkanes) is 1. The molecule has 6 nitrogen and oxygen atoms in total. The number of para-hydroxylation sites is 2. The molecule has 1 amide bonds. The molecule has 7 heteroatoms. The van der Waals surface area contributed by atoms with E-state index in [1.807, 2.05) is 60.4 Å². The molecule has 1 aliphatic carbocycles. The van der Waals surface area contributed by atoms with Crippen LogP contribution in [0.1, 0.15) is 56.1 Å². The molecule has 39 heavy (non-hydrogen) atoms. The minimum atomic E-state index is -1.14. The number of ether oxygens (including phenoxy) is 2. The molecule has 214 valence electrons. The predicted molar refractivity (Wildman–Crippen MR) is 157 cm³/mol. The summed E-state index contributed by atoms with van der Waals surface area (Å²) in [4.78, 5) is 15.6. The van der Waals surface area contributed by atoms with E-state index in [2.05, 4.69) is 11.4 Å². The topological polar surface area (TPSA) is 79.2 Å². The van der Waals surface area contributed by atoms with Crippen molar-refractivity contribution in [3.05, 3.63) is 59.7 Å². The van der Waals surface area contributed by atoms with Crippen molar-refractivity contribution >= 4 is 20.6 Å². The first-order chi connectivity index (χ1) is 18.7. The summed E-state index contributed by atoms with van der Waals surface area (Å²) in [6, 6.07) is 15.7. The molecule has 4 rings (SSSR count). The fourth-order valence-electron chi connectivity index (χ4n) is 6.48. The molecular weight excluding hydrogens is 553 g/mol. The molecule has 2 fully saturated rings. The number of hydrogen-bond acceptors (Lipinski definition) is 5. The van der Waals surface area contributed by atoms with E-state index >= 15 is 0 Å². The summed E-state index contributed by atoms with van der Waals surface area (Å²) in [5.74, 6) is 1.38. The summed E-state index contributed by atoms with van der Waals surface area (Å²) >= 11 is -1.10. The fourth-order valence-corrected chi connectivity index (χ4v) is 9.60. The number of nitrogens with zero attached hydrogens (tertiary/aromatic N) is 1. The van der Waals surface area contributed by atoms with Crippen molar-refractivity contribution < 1.29 is 24.5 Å². The van der Waals surface area contributed by atoms with Gasteiger partial charge in [-0.15, -0.1) is 0 Å². The third kappa shape index (κ3) is 7.08. The number of likely N-dealkylation sites (tertiary alicyclic amines) is 1. The molecule has 0 aromatic heterocycles. The van der Waals surface area contributed by atoms with E-state index in [1.54, 1.807) is 7.11 Å². The maximum atomic E-state index is 13.7. The number of aliphatic hydroxyl groups is 2. The summed E-state index contributed by atoms with van der Waals surface area (Å²) in [7, 11) is 1.70. The molecule has 2 aromatic carbocycles. The average Bonchev–Trinajstić information content (AvgIpc) is 3.34. The van der Waals surface area contributed by atoms with Gasteiger partial charge >= 0.3 is 191 Å². The molecule has 0 bridgehead atoms. The Balaban J connectivity index is 1.59. The van der Waals surface area contributed by atoms with Gasteiger partial charge in [-0.05, 0) is 18.6 Å². The van der Waals surface area contributed by atoms with Gasteiger partial charge in [0.05, 0.1) is 0 Å². The Kier molecular flexibility index (Phi) is 10.6. The van der Waals surface area contributed by atoms with E-state index in [1.165, 1.54) is 0 Å². The third-order valence-electron chi connectivity index (χ3n) is 8.74. The molecule has 1 aliphatic heterocycles. The molecule has 1 saturated heterocycles. The monoisotopic (exact) mass is 599 g/mol. The van der Waals surface area contributed by atoms with Crippen LogP contribution in [0.2, 0.25) is 16.1 Å². The van der Waals surface area contributed by atoms with Crippen LogP contribution < -0.4 is 4.74 Å². The van der Waals surface area contributed by atoms with Crippen molar-refractivity contribution in [3.63, 3.8) is 0 Å². The van der Waals surface area contributed by atoms with Crippen LogP contribution in [-0.4, -0.2) is 68.6 Å². The zero-order valence-corrected chi connectivity index (χ0v) is 25.9. The number of aliphatic hydroxyl groups excluding tert-OH is 1. The molecule has 0 spiro atoms. The fraction of sp³-hybridized carbons (Fsp3) is 0.594. The second kappa shape index (κ2) is 13.7. The Morgan fingerprint density at radius 1 is 1.08 bits per heavy atom. The Morgan fingerprint density at radius 2 is 1.79 bits per heavy atom. The van der Waals surface area contributed by atoms with Crippen LogP contribution in [0.4, 0.5) is 0 Å². The molecule has 5 atom stereocenters. The van der Waals surface area contributed by atoms with Crippen LogP contribution in [0.25, 0.3) is 0 Å². The van der Waals surface area contributed by atoms with Gasteiger partial charge in [-0.3, -0.25) is 0 Å². The summed E-state index contributed by atoms with van der Waals surface area (Å²) in [6.45, 7) is 3.91. The van der Waals surface area contributed by atoms with Gasteiger partial charge in [0.1, 0.15) is 0 Å². The molecule has 2 aromatic rings.